The summed E-state index contributed by atoms with van der Waals surface area (Å²) in [6, 6.07) is 17.5. The van der Waals surface area contributed by atoms with Gasteiger partial charge in [0.05, 0.1) is 17.2 Å². The van der Waals surface area contributed by atoms with Crippen molar-refractivity contribution in [3.05, 3.63) is 75.7 Å². The second-order valence-corrected chi connectivity index (χ2v) is 7.98. The molecule has 0 aliphatic carbocycles. The van der Waals surface area contributed by atoms with Crippen molar-refractivity contribution < 1.29 is 9.53 Å². The Kier molecular flexibility index (Phi) is 5.60. The summed E-state index contributed by atoms with van der Waals surface area (Å²) in [7, 11) is 0. The van der Waals surface area contributed by atoms with Crippen molar-refractivity contribution in [3.63, 3.8) is 0 Å². The predicted octanol–water partition coefficient (Wildman–Crippen LogP) is 6.09. The first kappa shape index (κ1) is 19.6. The SMILES string of the molecule is CCOc1ccc(/C=C2\SC(=Nc3ccc(C)c(Cl)c3)NC2=O)c2ccccc12. The molecule has 146 valence electrons. The number of hydrogen-bond acceptors (Lipinski definition) is 4. The number of rotatable bonds is 4. The predicted molar refractivity (Wildman–Crippen MR) is 122 cm³/mol. The van der Waals surface area contributed by atoms with E-state index in [1.807, 2.05) is 68.5 Å². The van der Waals surface area contributed by atoms with Crippen molar-refractivity contribution in [2.75, 3.05) is 6.61 Å². The summed E-state index contributed by atoms with van der Waals surface area (Å²) >= 11 is 7.49. The molecule has 1 fully saturated rings. The fourth-order valence-corrected chi connectivity index (χ4v) is 4.10. The van der Waals surface area contributed by atoms with Crippen molar-refractivity contribution in [2.24, 2.45) is 4.99 Å². The quantitative estimate of drug-likeness (QED) is 0.517. The highest BCUT2D eigenvalue weighted by Gasteiger charge is 2.24. The maximum Gasteiger partial charge on any atom is 0.264 e. The van der Waals surface area contributed by atoms with Gasteiger partial charge in [0.15, 0.2) is 5.17 Å². The van der Waals surface area contributed by atoms with Crippen LogP contribution in [0, 0.1) is 6.92 Å². The first-order valence-electron chi connectivity index (χ1n) is 9.25. The third-order valence-electron chi connectivity index (χ3n) is 4.54. The standard InChI is InChI=1S/C23H19ClN2O2S/c1-3-28-20-11-9-15(17-6-4-5-7-18(17)20)12-21-22(27)26-23(29-21)25-16-10-8-14(2)19(24)13-16/h4-13H,3H2,1-2H3,(H,25,26,27)/b21-12-. The van der Waals surface area contributed by atoms with Crippen molar-refractivity contribution in [2.45, 2.75) is 13.8 Å². The molecule has 1 amide bonds. The maximum atomic E-state index is 12.5. The number of fused-ring (bicyclic) bond motifs is 1. The molecule has 4 nitrogen and oxygen atoms in total. The second kappa shape index (κ2) is 8.31. The largest absolute Gasteiger partial charge is 0.493 e. The lowest BCUT2D eigenvalue weighted by Crippen LogP contribution is -2.19. The Balaban J connectivity index is 1.67. The van der Waals surface area contributed by atoms with Gasteiger partial charge in [-0.1, -0.05) is 48.0 Å². The molecular weight excluding hydrogens is 404 g/mol. The average molecular weight is 423 g/mol. The molecule has 0 atom stereocenters. The molecule has 0 aromatic heterocycles. The molecule has 0 radical (unpaired) electrons. The summed E-state index contributed by atoms with van der Waals surface area (Å²) in [5.74, 6) is 0.678. The number of ether oxygens (including phenoxy) is 1. The normalized spacial score (nSPS) is 16.6. The minimum Gasteiger partial charge on any atom is -0.493 e. The van der Waals surface area contributed by atoms with E-state index in [-0.39, 0.29) is 5.91 Å². The van der Waals surface area contributed by atoms with E-state index in [0.29, 0.717) is 27.4 Å². The van der Waals surface area contributed by atoms with Gasteiger partial charge in [0.2, 0.25) is 0 Å². The summed E-state index contributed by atoms with van der Waals surface area (Å²) in [6.07, 6.45) is 1.89. The molecular formula is C23H19ClN2O2S. The van der Waals surface area contributed by atoms with Crippen LogP contribution < -0.4 is 10.1 Å². The summed E-state index contributed by atoms with van der Waals surface area (Å²) < 4.78 is 5.73. The lowest BCUT2D eigenvalue weighted by Gasteiger charge is -2.09. The van der Waals surface area contributed by atoms with Crippen LogP contribution in [-0.4, -0.2) is 17.7 Å². The average Bonchev–Trinajstić information content (AvgIpc) is 3.05. The number of carbonyl (C=O) groups excluding carboxylic acids is 1. The first-order valence-corrected chi connectivity index (χ1v) is 10.4. The number of halogens is 1. The lowest BCUT2D eigenvalue weighted by molar-refractivity contribution is -0.115. The van der Waals surface area contributed by atoms with Gasteiger partial charge in [0.1, 0.15) is 5.75 Å². The first-order chi connectivity index (χ1) is 14.0. The van der Waals surface area contributed by atoms with Gasteiger partial charge >= 0.3 is 0 Å². The number of nitrogens with zero attached hydrogens (tertiary/aromatic N) is 1. The molecule has 1 heterocycles. The number of amides is 1. The second-order valence-electron chi connectivity index (χ2n) is 6.55. The zero-order chi connectivity index (χ0) is 20.4. The molecule has 1 aliphatic rings. The molecule has 0 bridgehead atoms. The fraction of sp³-hybridized carbons (Fsp3) is 0.130. The molecule has 4 rings (SSSR count). The topological polar surface area (TPSA) is 50.7 Å². The van der Waals surface area contributed by atoms with Crippen LogP contribution in [-0.2, 0) is 4.79 Å². The third kappa shape index (κ3) is 4.16. The highest BCUT2D eigenvalue weighted by atomic mass is 35.5. The van der Waals surface area contributed by atoms with Crippen LogP contribution in [0.2, 0.25) is 5.02 Å². The molecule has 0 unspecified atom stereocenters. The van der Waals surface area contributed by atoms with E-state index in [0.717, 1.165) is 27.6 Å². The van der Waals surface area contributed by atoms with Gasteiger partial charge in [0, 0.05) is 10.4 Å². The minimum atomic E-state index is -0.162. The van der Waals surface area contributed by atoms with Gasteiger partial charge < -0.3 is 10.1 Å². The van der Waals surface area contributed by atoms with Crippen LogP contribution >= 0.6 is 23.4 Å². The number of thioether (sulfide) groups is 1. The van der Waals surface area contributed by atoms with Gasteiger partial charge in [-0.05, 0) is 66.4 Å². The molecule has 3 aromatic rings. The third-order valence-corrected chi connectivity index (χ3v) is 5.86. The lowest BCUT2D eigenvalue weighted by atomic mass is 10.0. The Morgan fingerprint density at radius 3 is 2.69 bits per heavy atom. The maximum absolute atomic E-state index is 12.5. The fourth-order valence-electron chi connectivity index (χ4n) is 3.09. The van der Waals surface area contributed by atoms with E-state index < -0.39 is 0 Å². The Labute approximate surface area is 178 Å². The summed E-state index contributed by atoms with van der Waals surface area (Å²) in [4.78, 5) is 17.6. The van der Waals surface area contributed by atoms with Gasteiger partial charge in [0.25, 0.3) is 5.91 Å². The van der Waals surface area contributed by atoms with Crippen LogP contribution in [0.25, 0.3) is 16.8 Å². The molecule has 1 N–H and O–H groups in total. The smallest absolute Gasteiger partial charge is 0.264 e. The molecule has 1 aliphatic heterocycles. The Morgan fingerprint density at radius 2 is 1.93 bits per heavy atom. The number of benzene rings is 3. The molecule has 6 heteroatoms. The van der Waals surface area contributed by atoms with Gasteiger partial charge in [-0.15, -0.1) is 0 Å². The Hall–Kier alpha value is -2.76. The van der Waals surface area contributed by atoms with Crippen LogP contribution in [0.3, 0.4) is 0 Å². The molecule has 29 heavy (non-hydrogen) atoms. The number of aryl methyl sites for hydroxylation is 1. The van der Waals surface area contributed by atoms with E-state index in [1.54, 1.807) is 6.07 Å². The number of carbonyl (C=O) groups is 1. The monoisotopic (exact) mass is 422 g/mol. The van der Waals surface area contributed by atoms with E-state index in [2.05, 4.69) is 10.3 Å². The van der Waals surface area contributed by atoms with Crippen molar-refractivity contribution >= 4 is 57.0 Å². The van der Waals surface area contributed by atoms with E-state index in [1.165, 1.54) is 11.8 Å². The summed E-state index contributed by atoms with van der Waals surface area (Å²) in [5.41, 5.74) is 2.65. The zero-order valence-electron chi connectivity index (χ0n) is 16.0. The number of nitrogens with one attached hydrogen (secondary N) is 1. The van der Waals surface area contributed by atoms with Crippen molar-refractivity contribution in [1.82, 2.24) is 5.32 Å². The minimum absolute atomic E-state index is 0.162. The Bertz CT molecular complexity index is 1170. The van der Waals surface area contributed by atoms with Crippen LogP contribution in [0.15, 0.2) is 64.5 Å². The molecule has 0 spiro atoms. The Morgan fingerprint density at radius 1 is 1.14 bits per heavy atom. The molecule has 0 saturated carbocycles. The van der Waals surface area contributed by atoms with E-state index in [9.17, 15) is 4.79 Å². The van der Waals surface area contributed by atoms with Crippen molar-refractivity contribution in [3.8, 4) is 5.75 Å². The highest BCUT2D eigenvalue weighted by molar-refractivity contribution is 8.18. The molecule has 1 saturated heterocycles. The highest BCUT2D eigenvalue weighted by Crippen LogP contribution is 2.33. The molecule has 3 aromatic carbocycles. The van der Waals surface area contributed by atoms with E-state index in [4.69, 9.17) is 16.3 Å². The summed E-state index contributed by atoms with van der Waals surface area (Å²) in [6.45, 7) is 4.51. The van der Waals surface area contributed by atoms with Crippen LogP contribution in [0.5, 0.6) is 5.75 Å². The zero-order valence-corrected chi connectivity index (χ0v) is 17.6. The van der Waals surface area contributed by atoms with Crippen molar-refractivity contribution in [1.29, 1.82) is 0 Å². The van der Waals surface area contributed by atoms with Crippen LogP contribution in [0.4, 0.5) is 5.69 Å². The van der Waals surface area contributed by atoms with E-state index >= 15 is 0 Å². The van der Waals surface area contributed by atoms with Gasteiger partial charge in [-0.2, -0.15) is 0 Å². The number of amidine groups is 1. The number of aliphatic imine (C=N–C) groups is 1. The number of hydrogen-bond donors (Lipinski definition) is 1. The van der Waals surface area contributed by atoms with Gasteiger partial charge in [-0.3, -0.25) is 4.79 Å². The van der Waals surface area contributed by atoms with Gasteiger partial charge in [-0.25, -0.2) is 4.99 Å². The summed E-state index contributed by atoms with van der Waals surface area (Å²) in [5, 5.41) is 6.07. The van der Waals surface area contributed by atoms with Crippen LogP contribution in [0.1, 0.15) is 18.1 Å².